The lowest BCUT2D eigenvalue weighted by atomic mass is 10.2. The van der Waals surface area contributed by atoms with E-state index in [4.69, 9.17) is 0 Å². The lowest BCUT2D eigenvalue weighted by molar-refractivity contribution is -0.140. The zero-order valence-corrected chi connectivity index (χ0v) is 19.3. The molecule has 0 spiro atoms. The number of halogens is 4. The van der Waals surface area contributed by atoms with Crippen LogP contribution >= 0.6 is 35.3 Å². The number of rotatable bonds is 7. The number of alkyl halides is 3. The Bertz CT molecular complexity index is 939. The molecule has 0 saturated heterocycles. The van der Waals surface area contributed by atoms with Gasteiger partial charge in [0, 0.05) is 23.7 Å². The molecular formula is C19H22F3IN6S. The third kappa shape index (κ3) is 7.27. The fourth-order valence-electron chi connectivity index (χ4n) is 2.54. The van der Waals surface area contributed by atoms with Crippen molar-refractivity contribution >= 4 is 41.3 Å². The van der Waals surface area contributed by atoms with Crippen molar-refractivity contribution in [2.45, 2.75) is 32.7 Å². The number of thiazole rings is 1. The fourth-order valence-corrected chi connectivity index (χ4v) is 3.28. The van der Waals surface area contributed by atoms with E-state index in [-0.39, 0.29) is 30.5 Å². The predicted molar refractivity (Wildman–Crippen MR) is 122 cm³/mol. The van der Waals surface area contributed by atoms with Gasteiger partial charge in [0.25, 0.3) is 0 Å². The molecule has 0 atom stereocenters. The third-order valence-corrected chi connectivity index (χ3v) is 4.74. The van der Waals surface area contributed by atoms with Gasteiger partial charge in [-0.1, -0.05) is 30.3 Å². The van der Waals surface area contributed by atoms with E-state index in [9.17, 15) is 13.2 Å². The Hall–Kier alpha value is -2.15. The quantitative estimate of drug-likeness (QED) is 0.262. The summed E-state index contributed by atoms with van der Waals surface area (Å²) in [6.07, 6.45) is -0.740. The van der Waals surface area contributed by atoms with E-state index in [0.29, 0.717) is 30.6 Å². The number of nitrogens with one attached hydrogen (secondary N) is 2. The van der Waals surface area contributed by atoms with Crippen molar-refractivity contribution in [1.82, 2.24) is 25.4 Å². The summed E-state index contributed by atoms with van der Waals surface area (Å²) in [6.45, 7) is 3.79. The van der Waals surface area contributed by atoms with Crippen molar-refractivity contribution in [3.8, 4) is 0 Å². The first-order valence-electron chi connectivity index (χ1n) is 9.03. The molecule has 2 aromatic heterocycles. The standard InChI is InChI=1S/C19H21F3N6S.HI/c1-2-23-18(25-10-17-27-16(13-29-17)19(20,21)22)24-8-15-9-26-28(12-15)11-14-6-4-3-5-7-14;/h3-7,9,12-13H,2,8,10-11H2,1H3,(H2,23,24,25);1H. The van der Waals surface area contributed by atoms with Gasteiger partial charge in [-0.25, -0.2) is 9.98 Å². The highest BCUT2D eigenvalue weighted by Crippen LogP contribution is 2.29. The van der Waals surface area contributed by atoms with Gasteiger partial charge in [0.05, 0.1) is 25.8 Å². The number of guanidine groups is 1. The average Bonchev–Trinajstić information content (AvgIpc) is 3.34. The van der Waals surface area contributed by atoms with E-state index in [1.165, 1.54) is 0 Å². The minimum absolute atomic E-state index is 0. The maximum absolute atomic E-state index is 12.6. The summed E-state index contributed by atoms with van der Waals surface area (Å²) in [6, 6.07) is 10.0. The number of aliphatic imine (C=N–C) groups is 1. The van der Waals surface area contributed by atoms with Gasteiger partial charge >= 0.3 is 6.18 Å². The van der Waals surface area contributed by atoms with Crippen molar-refractivity contribution in [3.63, 3.8) is 0 Å². The molecule has 2 N–H and O–H groups in total. The van der Waals surface area contributed by atoms with E-state index in [2.05, 4.69) is 25.7 Å². The van der Waals surface area contributed by atoms with Gasteiger partial charge in [-0.3, -0.25) is 4.68 Å². The fraction of sp³-hybridized carbons (Fsp3) is 0.316. The van der Waals surface area contributed by atoms with Gasteiger partial charge < -0.3 is 10.6 Å². The van der Waals surface area contributed by atoms with Crippen LogP contribution < -0.4 is 10.6 Å². The predicted octanol–water partition coefficient (Wildman–Crippen LogP) is 4.28. The third-order valence-electron chi connectivity index (χ3n) is 3.89. The summed E-state index contributed by atoms with van der Waals surface area (Å²) >= 11 is 0.965. The van der Waals surface area contributed by atoms with Gasteiger partial charge in [0.15, 0.2) is 11.7 Å². The van der Waals surface area contributed by atoms with E-state index in [1.54, 1.807) is 6.20 Å². The number of aromatic nitrogens is 3. The molecule has 30 heavy (non-hydrogen) atoms. The van der Waals surface area contributed by atoms with Crippen molar-refractivity contribution < 1.29 is 13.2 Å². The molecule has 11 heteroatoms. The molecule has 0 unspecified atom stereocenters. The molecule has 3 aromatic rings. The molecule has 0 aliphatic rings. The van der Waals surface area contributed by atoms with Crippen LogP contribution in [-0.2, 0) is 25.8 Å². The minimum atomic E-state index is -4.42. The van der Waals surface area contributed by atoms with Crippen LogP contribution in [-0.4, -0.2) is 27.3 Å². The van der Waals surface area contributed by atoms with E-state index in [1.807, 2.05) is 48.1 Å². The summed E-state index contributed by atoms with van der Waals surface area (Å²) in [4.78, 5) is 8.08. The highest BCUT2D eigenvalue weighted by molar-refractivity contribution is 14.0. The average molecular weight is 550 g/mol. The lowest BCUT2D eigenvalue weighted by Gasteiger charge is -2.09. The van der Waals surface area contributed by atoms with Gasteiger partial charge in [-0.05, 0) is 12.5 Å². The van der Waals surface area contributed by atoms with Crippen molar-refractivity contribution in [2.75, 3.05) is 6.54 Å². The molecule has 0 fully saturated rings. The first-order valence-corrected chi connectivity index (χ1v) is 9.91. The Labute approximate surface area is 193 Å². The second-order valence-electron chi connectivity index (χ2n) is 6.20. The Morgan fingerprint density at radius 2 is 1.93 bits per heavy atom. The number of benzene rings is 1. The molecule has 0 aliphatic heterocycles. The second kappa shape index (κ2) is 11.3. The maximum Gasteiger partial charge on any atom is 0.434 e. The second-order valence-corrected chi connectivity index (χ2v) is 7.15. The van der Waals surface area contributed by atoms with Crippen LogP contribution in [0.3, 0.4) is 0 Å². The van der Waals surface area contributed by atoms with Gasteiger partial charge in [0.2, 0.25) is 0 Å². The Morgan fingerprint density at radius 1 is 1.17 bits per heavy atom. The molecule has 0 radical (unpaired) electrons. The zero-order valence-electron chi connectivity index (χ0n) is 16.2. The summed E-state index contributed by atoms with van der Waals surface area (Å²) in [5.41, 5.74) is 1.22. The Morgan fingerprint density at radius 3 is 2.60 bits per heavy atom. The molecule has 0 bridgehead atoms. The molecule has 0 aliphatic carbocycles. The Kier molecular flexibility index (Phi) is 9.08. The molecule has 162 valence electrons. The van der Waals surface area contributed by atoms with E-state index in [0.717, 1.165) is 27.8 Å². The number of nitrogens with zero attached hydrogens (tertiary/aromatic N) is 4. The number of hydrogen-bond donors (Lipinski definition) is 2. The van der Waals surface area contributed by atoms with Crippen LogP contribution in [0, 0.1) is 0 Å². The normalized spacial score (nSPS) is 11.8. The van der Waals surface area contributed by atoms with E-state index < -0.39 is 11.9 Å². The van der Waals surface area contributed by atoms with Crippen LogP contribution in [0.1, 0.15) is 28.8 Å². The van der Waals surface area contributed by atoms with Crippen LogP contribution in [0.2, 0.25) is 0 Å². The first kappa shape index (κ1) is 24.1. The highest BCUT2D eigenvalue weighted by atomic mass is 127. The monoisotopic (exact) mass is 550 g/mol. The van der Waals surface area contributed by atoms with Crippen molar-refractivity contribution in [2.24, 2.45) is 4.99 Å². The molecule has 3 rings (SSSR count). The highest BCUT2D eigenvalue weighted by Gasteiger charge is 2.33. The van der Waals surface area contributed by atoms with E-state index >= 15 is 0 Å². The molecule has 0 saturated carbocycles. The summed E-state index contributed by atoms with van der Waals surface area (Å²) in [7, 11) is 0. The van der Waals surface area contributed by atoms with Crippen LogP contribution in [0.5, 0.6) is 0 Å². The van der Waals surface area contributed by atoms with Gasteiger partial charge in [0.1, 0.15) is 5.01 Å². The first-order chi connectivity index (χ1) is 13.9. The molecule has 6 nitrogen and oxygen atoms in total. The Balaban J connectivity index is 0.00000320. The molecular weight excluding hydrogens is 528 g/mol. The molecule has 1 aromatic carbocycles. The maximum atomic E-state index is 12.6. The SMILES string of the molecule is CCNC(=NCc1cnn(Cc2ccccc2)c1)NCc1nc(C(F)(F)F)cs1.I. The van der Waals surface area contributed by atoms with Crippen LogP contribution in [0.25, 0.3) is 0 Å². The molecule has 0 amide bonds. The van der Waals surface area contributed by atoms with Crippen molar-refractivity contribution in [3.05, 3.63) is 69.9 Å². The van der Waals surface area contributed by atoms with Crippen molar-refractivity contribution in [1.29, 1.82) is 0 Å². The summed E-state index contributed by atoms with van der Waals surface area (Å²) in [5.74, 6) is 0.507. The summed E-state index contributed by atoms with van der Waals surface area (Å²) < 4.78 is 39.8. The van der Waals surface area contributed by atoms with Crippen LogP contribution in [0.15, 0.2) is 53.1 Å². The zero-order chi connectivity index (χ0) is 20.7. The number of hydrogen-bond acceptors (Lipinski definition) is 4. The lowest BCUT2D eigenvalue weighted by Crippen LogP contribution is -2.36. The van der Waals surface area contributed by atoms with Crippen LogP contribution in [0.4, 0.5) is 13.2 Å². The summed E-state index contributed by atoms with van der Waals surface area (Å²) in [5, 5.41) is 11.8. The minimum Gasteiger partial charge on any atom is -0.357 e. The molecule has 2 heterocycles. The van der Waals surface area contributed by atoms with Gasteiger partial charge in [-0.2, -0.15) is 18.3 Å². The van der Waals surface area contributed by atoms with Gasteiger partial charge in [-0.15, -0.1) is 35.3 Å². The smallest absolute Gasteiger partial charge is 0.357 e. The topological polar surface area (TPSA) is 67.1 Å². The largest absolute Gasteiger partial charge is 0.434 e.